The van der Waals surface area contributed by atoms with Gasteiger partial charge in [-0.1, -0.05) is 175 Å². The molecule has 0 fully saturated rings. The van der Waals surface area contributed by atoms with E-state index in [1.54, 1.807) is 7.11 Å². The molecule has 4 heteroatoms. The summed E-state index contributed by atoms with van der Waals surface area (Å²) in [5.41, 5.74) is 19.1. The second-order valence-electron chi connectivity index (χ2n) is 20.6. The lowest BCUT2D eigenvalue weighted by Crippen LogP contribution is -2.11. The zero-order valence-electron chi connectivity index (χ0n) is 44.6. The predicted molar refractivity (Wildman–Crippen MR) is 295 cm³/mol. The maximum atomic E-state index is 9.05. The maximum Gasteiger partial charge on any atom is 0.149 e. The first-order valence-corrected chi connectivity index (χ1v) is 24.2. The number of nitrogens with zero attached hydrogens (tertiary/aromatic N) is 3. The van der Waals surface area contributed by atoms with Gasteiger partial charge in [-0.25, -0.2) is 4.98 Å². The van der Waals surface area contributed by atoms with Crippen molar-refractivity contribution < 1.29 is 8.85 Å². The zero-order chi connectivity index (χ0) is 51.4. The van der Waals surface area contributed by atoms with Crippen LogP contribution in [-0.2, 0) is 10.8 Å². The lowest BCUT2D eigenvalue weighted by molar-refractivity contribution is 0.413. The van der Waals surface area contributed by atoms with Crippen molar-refractivity contribution in [3.63, 3.8) is 0 Å². The van der Waals surface area contributed by atoms with Crippen molar-refractivity contribution >= 4 is 11.0 Å². The van der Waals surface area contributed by atoms with Crippen LogP contribution in [0.1, 0.15) is 73.5 Å². The number of para-hydroxylation sites is 1. The molecule has 0 saturated heterocycles. The van der Waals surface area contributed by atoms with E-state index in [1.807, 2.05) is 48.7 Å². The van der Waals surface area contributed by atoms with Crippen LogP contribution in [0, 0.1) is 20.7 Å². The van der Waals surface area contributed by atoms with Gasteiger partial charge < -0.3 is 4.74 Å². The second kappa shape index (κ2) is 18.3. The summed E-state index contributed by atoms with van der Waals surface area (Å²) in [5.74, 6) is 1.34. The number of benzene rings is 8. The molecule has 0 aliphatic carbocycles. The molecule has 2 heterocycles. The fourth-order valence-electron chi connectivity index (χ4n) is 9.78. The third kappa shape index (κ3) is 8.87. The molecule has 8 aromatic carbocycles. The number of hydrogen-bond donors (Lipinski definition) is 0. The van der Waals surface area contributed by atoms with E-state index in [1.165, 1.54) is 16.7 Å². The van der Waals surface area contributed by atoms with E-state index >= 15 is 0 Å². The molecular weight excluding hydrogens is 851 g/mol. The first kappa shape index (κ1) is 42.3. The van der Waals surface area contributed by atoms with Crippen molar-refractivity contribution in [3.8, 4) is 89.7 Å². The minimum Gasteiger partial charge on any atom is -0.496 e. The Morgan fingerprint density at radius 1 is 0.471 bits per heavy atom. The Balaban J connectivity index is 1.23. The number of aromatic nitrogens is 3. The first-order valence-electron chi connectivity index (χ1n) is 25.7. The van der Waals surface area contributed by atoms with Gasteiger partial charge in [-0.15, -0.1) is 0 Å². The van der Waals surface area contributed by atoms with E-state index in [0.717, 1.165) is 83.5 Å². The number of aryl methyl sites for hydroxylation is 3. The van der Waals surface area contributed by atoms with E-state index in [2.05, 4.69) is 199 Å². The summed E-state index contributed by atoms with van der Waals surface area (Å²) in [7, 11) is 1.70. The van der Waals surface area contributed by atoms with E-state index in [0.29, 0.717) is 22.8 Å². The quantitative estimate of drug-likeness (QED) is 0.145. The molecule has 2 aromatic heterocycles. The highest BCUT2D eigenvalue weighted by molar-refractivity contribution is 5.98. The lowest BCUT2D eigenvalue weighted by Gasteiger charge is -2.22. The Labute approximate surface area is 418 Å². The summed E-state index contributed by atoms with van der Waals surface area (Å²) in [6.07, 6.45) is 1.90. The van der Waals surface area contributed by atoms with Crippen LogP contribution in [0.25, 0.3) is 95.0 Å². The van der Waals surface area contributed by atoms with Crippen LogP contribution >= 0.6 is 0 Å². The fourth-order valence-corrected chi connectivity index (χ4v) is 9.78. The number of hydrogen-bond acceptors (Lipinski definition) is 3. The Morgan fingerprint density at radius 2 is 1.09 bits per heavy atom. The minimum atomic E-state index is -2.45. The SMILES string of the molecule is [2H]C([2H])([2H])c1cc(-n2c(-c3cc(C)cc(C)c3OC)nc3c(-c4cc(-c5cc(-c6ccc(-c7ccccc7)cc6)ccn5)cc(C(C)(C)C)c4)cccc32)c(-c2ccc(C(C)(C)C)cc2)cc1-c1ccccc1. The number of imidazole rings is 1. The van der Waals surface area contributed by atoms with Crippen LogP contribution in [-0.4, -0.2) is 21.6 Å². The highest BCUT2D eigenvalue weighted by Gasteiger charge is 2.26. The average molecular weight is 915 g/mol. The van der Waals surface area contributed by atoms with Crippen LogP contribution < -0.4 is 4.74 Å². The molecule has 0 amide bonds. The summed E-state index contributed by atoms with van der Waals surface area (Å²) in [6.45, 7) is 15.1. The molecule has 0 radical (unpaired) electrons. The molecule has 0 saturated carbocycles. The number of methoxy groups -OCH3 is 1. The molecule has 4 nitrogen and oxygen atoms in total. The van der Waals surface area contributed by atoms with Gasteiger partial charge in [0.25, 0.3) is 0 Å². The van der Waals surface area contributed by atoms with Gasteiger partial charge in [-0.05, 0) is 152 Å². The van der Waals surface area contributed by atoms with Gasteiger partial charge in [-0.3, -0.25) is 9.55 Å². The van der Waals surface area contributed by atoms with Gasteiger partial charge in [0.05, 0.1) is 35.1 Å². The smallest absolute Gasteiger partial charge is 0.149 e. The average Bonchev–Trinajstić information content (AvgIpc) is 3.77. The van der Waals surface area contributed by atoms with Gasteiger partial charge in [0.2, 0.25) is 0 Å². The Kier molecular flexibility index (Phi) is 11.0. The molecule has 0 unspecified atom stereocenters. The van der Waals surface area contributed by atoms with Gasteiger partial charge in [0.15, 0.2) is 0 Å². The second-order valence-corrected chi connectivity index (χ2v) is 20.6. The van der Waals surface area contributed by atoms with Gasteiger partial charge in [0, 0.05) is 27.0 Å². The number of ether oxygens (including phenoxy) is 1. The fraction of sp³-hybridized carbons (Fsp3) is 0.182. The summed E-state index contributed by atoms with van der Waals surface area (Å²) in [5, 5.41) is 0. The molecule has 0 atom stereocenters. The minimum absolute atomic E-state index is 0.0660. The van der Waals surface area contributed by atoms with Crippen molar-refractivity contribution in [2.24, 2.45) is 0 Å². The summed E-state index contributed by atoms with van der Waals surface area (Å²) in [6, 6.07) is 63.2. The Hall–Kier alpha value is -7.82. The molecule has 70 heavy (non-hydrogen) atoms. The first-order chi connectivity index (χ1) is 34.8. The Bertz CT molecular complexity index is 3650. The van der Waals surface area contributed by atoms with Crippen molar-refractivity contribution in [2.75, 3.05) is 7.11 Å². The monoisotopic (exact) mass is 915 g/mol. The lowest BCUT2D eigenvalue weighted by atomic mass is 9.83. The van der Waals surface area contributed by atoms with Crippen molar-refractivity contribution in [2.45, 2.75) is 73.1 Å². The van der Waals surface area contributed by atoms with Gasteiger partial charge in [0.1, 0.15) is 11.6 Å². The highest BCUT2D eigenvalue weighted by Crippen LogP contribution is 2.44. The third-order valence-corrected chi connectivity index (χ3v) is 13.6. The van der Waals surface area contributed by atoms with E-state index in [9.17, 15) is 0 Å². The summed E-state index contributed by atoms with van der Waals surface area (Å²) >= 11 is 0. The van der Waals surface area contributed by atoms with Crippen LogP contribution in [0.15, 0.2) is 188 Å². The van der Waals surface area contributed by atoms with Crippen molar-refractivity contribution in [1.29, 1.82) is 0 Å². The van der Waals surface area contributed by atoms with E-state index in [4.69, 9.17) is 18.8 Å². The summed E-state index contributed by atoms with van der Waals surface area (Å²) < 4.78 is 35.6. The van der Waals surface area contributed by atoms with E-state index in [-0.39, 0.29) is 16.4 Å². The van der Waals surface area contributed by atoms with Crippen LogP contribution in [0.5, 0.6) is 5.75 Å². The largest absolute Gasteiger partial charge is 0.496 e. The molecule has 10 rings (SSSR count). The van der Waals surface area contributed by atoms with Crippen molar-refractivity contribution in [1.82, 2.24) is 14.5 Å². The van der Waals surface area contributed by atoms with Gasteiger partial charge >= 0.3 is 0 Å². The Morgan fingerprint density at radius 3 is 1.74 bits per heavy atom. The summed E-state index contributed by atoms with van der Waals surface area (Å²) in [4.78, 5) is 10.7. The molecule has 0 spiro atoms. The molecule has 346 valence electrons. The van der Waals surface area contributed by atoms with E-state index < -0.39 is 6.85 Å². The van der Waals surface area contributed by atoms with Gasteiger partial charge in [-0.2, -0.15) is 0 Å². The molecule has 0 aliphatic heterocycles. The van der Waals surface area contributed by atoms with Crippen LogP contribution in [0.4, 0.5) is 0 Å². The number of fused-ring (bicyclic) bond motifs is 1. The highest BCUT2D eigenvalue weighted by atomic mass is 16.5. The maximum absolute atomic E-state index is 9.05. The zero-order valence-corrected chi connectivity index (χ0v) is 41.6. The molecule has 10 aromatic rings. The normalized spacial score (nSPS) is 12.7. The molecule has 0 bridgehead atoms. The third-order valence-electron chi connectivity index (χ3n) is 13.6. The van der Waals surface area contributed by atoms with Crippen LogP contribution in [0.3, 0.4) is 0 Å². The number of pyridine rings is 1. The standard InChI is InChI=1S/C66H61N3O/c1-42-34-44(3)63(70-10)58(35-42)64-68-62-55(51-37-52(39-54(38-51)66(7,8)9)59-40-50(32-33-67-59)47-26-24-46(25-27-47)45-18-13-11-14-19-45)22-17-23-60(62)69(64)61-36-43(2)56(48-20-15-12-16-21-48)41-57(61)49-28-30-53(31-29-49)65(4,5)6/h11-41H,1-10H3/i2D3. The van der Waals surface area contributed by atoms with Crippen molar-refractivity contribution in [3.05, 3.63) is 216 Å². The topological polar surface area (TPSA) is 39.9 Å². The number of rotatable bonds is 9. The molecule has 0 aliphatic rings. The predicted octanol–water partition coefficient (Wildman–Crippen LogP) is 17.6. The molecular formula is C66H61N3O. The molecule has 0 N–H and O–H groups in total. The van der Waals surface area contributed by atoms with Crippen LogP contribution in [0.2, 0.25) is 0 Å².